The minimum absolute atomic E-state index is 0.0695. The summed E-state index contributed by atoms with van der Waals surface area (Å²) in [6.45, 7) is 10.8. The third-order valence-corrected chi connectivity index (χ3v) is 19.8. The first-order chi connectivity index (χ1) is 50.2. The third-order valence-electron chi connectivity index (χ3n) is 18.9. The summed E-state index contributed by atoms with van der Waals surface area (Å²) in [5.41, 5.74) is 16.7. The molecule has 5 aliphatic rings. The van der Waals surface area contributed by atoms with Gasteiger partial charge in [0, 0.05) is 161 Å². The minimum atomic E-state index is 0.0695. The van der Waals surface area contributed by atoms with Crippen molar-refractivity contribution >= 4 is 55.4 Å². The number of methoxy groups -OCH3 is 1. The van der Waals surface area contributed by atoms with Gasteiger partial charge in [-0.2, -0.15) is 15.8 Å². The van der Waals surface area contributed by atoms with Gasteiger partial charge in [0.05, 0.1) is 121 Å². The molecule has 4 fully saturated rings. The van der Waals surface area contributed by atoms with Crippen LogP contribution in [0.25, 0.3) is 99.6 Å². The van der Waals surface area contributed by atoms with Crippen molar-refractivity contribution in [1.29, 1.82) is 15.8 Å². The molecule has 4 N–H and O–H groups in total. The Hall–Kier alpha value is -11.3. The number of nitriles is 3. The fourth-order valence-electron chi connectivity index (χ4n) is 13.5. The van der Waals surface area contributed by atoms with Crippen molar-refractivity contribution < 1.29 is 42.6 Å². The number of nitrogens with one attached hydrogen (secondary N) is 4. The van der Waals surface area contributed by atoms with Gasteiger partial charge in [-0.1, -0.05) is 0 Å². The maximum absolute atomic E-state index is 9.85. The highest BCUT2D eigenvalue weighted by Crippen LogP contribution is 2.41. The standard InChI is InChI=1S/C30H30N4O4.C27H24N4O3.C23H20N4O2S/c1-35-29-17-22(34-10-14-37-15-11-34)3-4-24(29)27-18-25-26(33-27)6-9-32-30(25)20-2-5-28(21(16-20)19-31)38-23-7-12-36-13-8-23;28-16-19-13-18(2-3-25(19)34-20-6-10-32-11-7-20)27-21-15-23(31-22(21)5-8-30-27)17-1-4-26-24(14-17)29-9-12-33-26;1-14-26-13-22(30-14)20-11-18-19(27-20)4-7-25-23(18)15-2-3-21(16(10-15)12-24)29-17-5-8-28-9-6-17/h2-6,9,16-18,23,33H,7-8,10-15H2,1H3;1-5,8,13-15,20,29,31H,6-7,9-12H2;2-4,7,10-11,13,17,27H,5-6,8-9H2,1H3. The Morgan fingerprint density at radius 3 is 1.41 bits per heavy atom. The van der Waals surface area contributed by atoms with Crippen LogP contribution in [-0.2, 0) is 18.9 Å². The first-order valence-corrected chi connectivity index (χ1v) is 35.3. The number of nitrogens with zero attached hydrogens (tertiary/aromatic N) is 8. The van der Waals surface area contributed by atoms with Crippen LogP contribution in [0.1, 0.15) is 60.2 Å². The van der Waals surface area contributed by atoms with Gasteiger partial charge in [0.1, 0.15) is 71.9 Å². The molecular formula is C80H74N12O9S. The van der Waals surface area contributed by atoms with E-state index in [1.54, 1.807) is 37.0 Å². The highest BCUT2D eigenvalue weighted by Gasteiger charge is 2.24. The second-order valence-electron chi connectivity index (χ2n) is 25.4. The number of aromatic nitrogens is 7. The number of anilines is 2. The molecule has 5 aromatic carbocycles. The number of fused-ring (bicyclic) bond motifs is 4. The smallest absolute Gasteiger partial charge is 0.142 e. The van der Waals surface area contributed by atoms with Gasteiger partial charge in [0.25, 0.3) is 0 Å². The quantitative estimate of drug-likeness (QED) is 0.0788. The van der Waals surface area contributed by atoms with Gasteiger partial charge in [0.15, 0.2) is 0 Å². The lowest BCUT2D eigenvalue weighted by Crippen LogP contribution is -2.36. The molecule has 0 amide bonds. The normalized spacial score (nSPS) is 15.7. The first-order valence-electron chi connectivity index (χ1n) is 34.5. The number of hydrogen-bond donors (Lipinski definition) is 4. The van der Waals surface area contributed by atoms with Crippen molar-refractivity contribution in [3.05, 3.63) is 174 Å². The van der Waals surface area contributed by atoms with Crippen LogP contribution in [0.5, 0.6) is 28.7 Å². The number of ether oxygens (including phenoxy) is 9. The van der Waals surface area contributed by atoms with Gasteiger partial charge in [-0.05, 0) is 128 Å². The van der Waals surface area contributed by atoms with Gasteiger partial charge in [-0.3, -0.25) is 15.0 Å². The number of morpholine rings is 1. The van der Waals surface area contributed by atoms with E-state index in [1.807, 2.05) is 92.0 Å². The molecule has 21 nitrogen and oxygen atoms in total. The number of thiazole rings is 1. The average molecular weight is 1380 g/mol. The van der Waals surface area contributed by atoms with E-state index in [2.05, 4.69) is 112 Å². The number of hydrogen-bond acceptors (Lipinski definition) is 19. The molecule has 0 aliphatic carbocycles. The molecule has 17 rings (SSSR count). The monoisotopic (exact) mass is 1380 g/mol. The highest BCUT2D eigenvalue weighted by molar-refractivity contribution is 7.15. The topological polar surface area (TPSA) is 269 Å². The van der Waals surface area contributed by atoms with Crippen molar-refractivity contribution in [2.75, 3.05) is 96.4 Å². The van der Waals surface area contributed by atoms with Crippen molar-refractivity contribution in [2.24, 2.45) is 0 Å². The van der Waals surface area contributed by atoms with E-state index in [4.69, 9.17) is 42.6 Å². The predicted octanol–water partition coefficient (Wildman–Crippen LogP) is 15.4. The van der Waals surface area contributed by atoms with Crippen molar-refractivity contribution in [3.63, 3.8) is 0 Å². The summed E-state index contributed by atoms with van der Waals surface area (Å²) in [6.07, 6.45) is 12.5. The van der Waals surface area contributed by atoms with E-state index in [0.717, 1.165) is 199 Å². The van der Waals surface area contributed by atoms with Gasteiger partial charge < -0.3 is 67.8 Å². The lowest BCUT2D eigenvalue weighted by atomic mass is 10.0. The number of H-pyrrole nitrogens is 3. The number of rotatable bonds is 14. The van der Waals surface area contributed by atoms with Crippen LogP contribution in [0.4, 0.5) is 11.4 Å². The van der Waals surface area contributed by atoms with Gasteiger partial charge in [0.2, 0.25) is 0 Å². The van der Waals surface area contributed by atoms with E-state index >= 15 is 0 Å². The second kappa shape index (κ2) is 30.7. The SMILES string of the molecule is COc1cc(N2CCOCC2)ccc1-c1cc2c(-c3ccc(OC4CCOCC4)c(C#N)c3)nccc2[nH]1.Cc1ncc(-c2cc3c(-c4ccc(OC5CCOCC5)c(C#N)c4)nccc3[nH]2)s1.N#Cc1cc(-c2nccc3[nH]c(-c4ccc5c(c4)NCCO5)cc23)ccc1OC1CCOCC1. The highest BCUT2D eigenvalue weighted by atomic mass is 32.1. The zero-order valence-electron chi connectivity index (χ0n) is 56.6. The predicted molar refractivity (Wildman–Crippen MR) is 392 cm³/mol. The summed E-state index contributed by atoms with van der Waals surface area (Å²) in [5.74, 6) is 3.52. The first kappa shape index (κ1) is 66.6. The Balaban J connectivity index is 0.000000125. The Bertz CT molecular complexity index is 5130. The zero-order valence-corrected chi connectivity index (χ0v) is 57.4. The zero-order chi connectivity index (χ0) is 69.3. The molecule has 12 heterocycles. The van der Waals surface area contributed by atoms with Crippen LogP contribution < -0.4 is 33.9 Å². The molecule has 0 spiro atoms. The van der Waals surface area contributed by atoms with E-state index in [0.29, 0.717) is 80.2 Å². The van der Waals surface area contributed by atoms with E-state index in [1.165, 1.54) is 0 Å². The second-order valence-corrected chi connectivity index (χ2v) is 26.6. The van der Waals surface area contributed by atoms with Crippen LogP contribution in [0.2, 0.25) is 0 Å². The molecule has 4 saturated heterocycles. The number of aryl methyl sites for hydroxylation is 1. The Labute approximate surface area is 593 Å². The third kappa shape index (κ3) is 14.7. The van der Waals surface area contributed by atoms with Crippen LogP contribution in [0.15, 0.2) is 152 Å². The van der Waals surface area contributed by atoms with Crippen LogP contribution in [0, 0.1) is 40.9 Å². The summed E-state index contributed by atoms with van der Waals surface area (Å²) in [6, 6.07) is 48.7. The van der Waals surface area contributed by atoms with Gasteiger partial charge in [-0.25, -0.2) is 4.98 Å². The summed E-state index contributed by atoms with van der Waals surface area (Å²) in [7, 11) is 1.70. The molecule has 12 aromatic rings. The van der Waals surface area contributed by atoms with Crippen LogP contribution in [0.3, 0.4) is 0 Å². The molecule has 0 saturated carbocycles. The number of aromatic amines is 3. The molecule has 0 bridgehead atoms. The molecule has 0 atom stereocenters. The molecule has 0 unspecified atom stereocenters. The largest absolute Gasteiger partial charge is 0.496 e. The fraction of sp³-hybridized carbons (Fsp3) is 0.287. The lowest BCUT2D eigenvalue weighted by molar-refractivity contribution is 0.0252. The molecule has 5 aliphatic heterocycles. The van der Waals surface area contributed by atoms with Gasteiger partial charge >= 0.3 is 0 Å². The molecule has 22 heteroatoms. The summed E-state index contributed by atoms with van der Waals surface area (Å²) in [4.78, 5) is 32.2. The summed E-state index contributed by atoms with van der Waals surface area (Å²) in [5, 5.41) is 36.7. The average Bonchev–Trinajstić information content (AvgIpc) is 1.61. The molecular weight excluding hydrogens is 1310 g/mol. The van der Waals surface area contributed by atoms with Crippen LogP contribution >= 0.6 is 11.3 Å². The minimum Gasteiger partial charge on any atom is -0.496 e. The number of pyridine rings is 3. The Morgan fingerprint density at radius 1 is 0.471 bits per heavy atom. The Morgan fingerprint density at radius 2 is 0.931 bits per heavy atom. The maximum Gasteiger partial charge on any atom is 0.142 e. The lowest BCUT2D eigenvalue weighted by Gasteiger charge is -2.29. The molecule has 0 radical (unpaired) electrons. The number of benzene rings is 5. The van der Waals surface area contributed by atoms with Gasteiger partial charge in [-0.15, -0.1) is 11.3 Å². The van der Waals surface area contributed by atoms with E-state index < -0.39 is 0 Å². The van der Waals surface area contributed by atoms with E-state index in [9.17, 15) is 15.8 Å². The Kier molecular flexibility index (Phi) is 20.0. The molecule has 514 valence electrons. The van der Waals surface area contributed by atoms with Crippen LogP contribution in [-0.4, -0.2) is 139 Å². The molecule has 102 heavy (non-hydrogen) atoms. The fourth-order valence-corrected chi connectivity index (χ4v) is 14.3. The van der Waals surface area contributed by atoms with Crippen molar-refractivity contribution in [1.82, 2.24) is 34.9 Å². The van der Waals surface area contributed by atoms with Crippen molar-refractivity contribution in [3.8, 4) is 114 Å². The summed E-state index contributed by atoms with van der Waals surface area (Å²) >= 11 is 1.65. The van der Waals surface area contributed by atoms with Crippen molar-refractivity contribution in [2.45, 2.75) is 63.8 Å². The molecule has 7 aromatic heterocycles. The maximum atomic E-state index is 9.85. The summed E-state index contributed by atoms with van der Waals surface area (Å²) < 4.78 is 51.6. The van der Waals surface area contributed by atoms with E-state index in [-0.39, 0.29) is 18.3 Å².